The Kier molecular flexibility index (Phi) is 7.92. The zero-order chi connectivity index (χ0) is 24.2. The van der Waals surface area contributed by atoms with Crippen molar-refractivity contribution in [2.24, 2.45) is 0 Å². The van der Waals surface area contributed by atoms with Gasteiger partial charge in [-0.1, -0.05) is 23.4 Å². The van der Waals surface area contributed by atoms with Gasteiger partial charge >= 0.3 is 0 Å². The number of nitrogens with one attached hydrogen (secondary N) is 1. The van der Waals surface area contributed by atoms with Gasteiger partial charge in [-0.05, 0) is 49.4 Å². The average Bonchev–Trinajstić information content (AvgIpc) is 3.15. The molecule has 33 heavy (non-hydrogen) atoms. The van der Waals surface area contributed by atoms with Crippen LogP contribution in [0.4, 0.5) is 20.2 Å². The molecule has 3 rings (SSSR count). The first-order valence-corrected chi connectivity index (χ1v) is 12.8. The number of benzene rings is 2. The molecule has 0 saturated heterocycles. The van der Waals surface area contributed by atoms with Gasteiger partial charge in [-0.25, -0.2) is 17.2 Å². The summed E-state index contributed by atoms with van der Waals surface area (Å²) in [5.74, 6) is -1.08. The number of carbonyl (C=O) groups excluding carboxylic acids is 1. The molecule has 3 aromatic rings. The van der Waals surface area contributed by atoms with Crippen LogP contribution in [0.5, 0.6) is 0 Å². The van der Waals surface area contributed by atoms with E-state index in [-0.39, 0.29) is 28.9 Å². The van der Waals surface area contributed by atoms with Crippen LogP contribution in [0.3, 0.4) is 0 Å². The second kappa shape index (κ2) is 10.5. The maximum Gasteiger partial charge on any atom is 0.234 e. The summed E-state index contributed by atoms with van der Waals surface area (Å²) < 4.78 is 54.0. The summed E-state index contributed by atoms with van der Waals surface area (Å²) in [5, 5.41) is 11.1. The molecule has 0 spiro atoms. The van der Waals surface area contributed by atoms with Crippen molar-refractivity contribution in [2.75, 3.05) is 21.6 Å². The van der Waals surface area contributed by atoms with Gasteiger partial charge in [0.05, 0.1) is 29.3 Å². The molecule has 1 amide bonds. The van der Waals surface area contributed by atoms with E-state index in [0.29, 0.717) is 23.2 Å². The first-order chi connectivity index (χ1) is 15.6. The predicted octanol–water partition coefficient (Wildman–Crippen LogP) is 3.93. The van der Waals surface area contributed by atoms with Crippen molar-refractivity contribution in [3.8, 4) is 0 Å². The normalized spacial score (nSPS) is 11.4. The lowest BCUT2D eigenvalue weighted by Crippen LogP contribution is -2.30. The summed E-state index contributed by atoms with van der Waals surface area (Å²) in [5.41, 5.74) is 0.642. The van der Waals surface area contributed by atoms with Crippen molar-refractivity contribution in [2.45, 2.75) is 25.2 Å². The number of carbonyl (C=O) groups is 1. The molecule has 176 valence electrons. The van der Waals surface area contributed by atoms with Crippen molar-refractivity contribution in [3.63, 3.8) is 0 Å². The first-order valence-electron chi connectivity index (χ1n) is 9.61. The number of aromatic nitrogens is 3. The lowest BCUT2D eigenvalue weighted by molar-refractivity contribution is -0.113. The molecular formula is C20H20ClF2N5O3S2. The predicted molar refractivity (Wildman–Crippen MR) is 124 cm³/mol. The van der Waals surface area contributed by atoms with Crippen LogP contribution in [-0.2, 0) is 27.9 Å². The molecule has 1 heterocycles. The molecule has 0 atom stereocenters. The van der Waals surface area contributed by atoms with Gasteiger partial charge in [-0.15, -0.1) is 10.2 Å². The fraction of sp³-hybridized carbons (Fsp3) is 0.250. The Morgan fingerprint density at radius 2 is 1.88 bits per heavy atom. The molecule has 0 aliphatic rings. The summed E-state index contributed by atoms with van der Waals surface area (Å²) in [6.07, 6.45) is 1.05. The van der Waals surface area contributed by atoms with Gasteiger partial charge < -0.3 is 9.88 Å². The standard InChI is InChI=1S/C20H20ClF2N5O3S2/c1-3-27-18(11-28(33(2,30)31)15-7-4-13(22)5-8-15)25-26-20(27)32-12-19(29)24-14-6-9-17(23)16(21)10-14/h4-10H,3,11-12H2,1-2H3,(H,24,29). The lowest BCUT2D eigenvalue weighted by atomic mass is 10.3. The smallest absolute Gasteiger partial charge is 0.234 e. The maximum absolute atomic E-state index is 13.3. The van der Waals surface area contributed by atoms with Crippen molar-refractivity contribution in [1.29, 1.82) is 0 Å². The number of sulfonamides is 1. The van der Waals surface area contributed by atoms with Crippen LogP contribution in [0.2, 0.25) is 5.02 Å². The number of amides is 1. The third-order valence-electron chi connectivity index (χ3n) is 4.45. The maximum atomic E-state index is 13.3. The minimum atomic E-state index is -3.69. The summed E-state index contributed by atoms with van der Waals surface area (Å²) in [7, 11) is -3.69. The zero-order valence-electron chi connectivity index (χ0n) is 17.6. The van der Waals surface area contributed by atoms with Gasteiger partial charge in [0.15, 0.2) is 11.0 Å². The fourth-order valence-electron chi connectivity index (χ4n) is 2.90. The van der Waals surface area contributed by atoms with Crippen LogP contribution in [0, 0.1) is 11.6 Å². The highest BCUT2D eigenvalue weighted by Crippen LogP contribution is 2.24. The molecule has 8 nitrogen and oxygen atoms in total. The van der Waals surface area contributed by atoms with E-state index in [4.69, 9.17) is 11.6 Å². The molecule has 1 aromatic heterocycles. The second-order valence-corrected chi connectivity index (χ2v) is 10.1. The third kappa shape index (κ3) is 6.42. The molecule has 0 fully saturated rings. The quantitative estimate of drug-likeness (QED) is 0.434. The highest BCUT2D eigenvalue weighted by molar-refractivity contribution is 7.99. The van der Waals surface area contributed by atoms with E-state index in [1.165, 1.54) is 36.4 Å². The van der Waals surface area contributed by atoms with Gasteiger partial charge in [-0.2, -0.15) is 0 Å². The summed E-state index contributed by atoms with van der Waals surface area (Å²) in [6, 6.07) is 8.93. The van der Waals surface area contributed by atoms with Crippen LogP contribution in [0.1, 0.15) is 12.7 Å². The second-order valence-electron chi connectivity index (χ2n) is 6.85. The Hall–Kier alpha value is -2.70. The van der Waals surface area contributed by atoms with E-state index in [9.17, 15) is 22.0 Å². The van der Waals surface area contributed by atoms with Crippen LogP contribution < -0.4 is 9.62 Å². The largest absolute Gasteiger partial charge is 0.325 e. The Balaban J connectivity index is 1.72. The highest BCUT2D eigenvalue weighted by atomic mass is 35.5. The Morgan fingerprint density at radius 3 is 2.48 bits per heavy atom. The number of hydrogen-bond donors (Lipinski definition) is 1. The number of anilines is 2. The summed E-state index contributed by atoms with van der Waals surface area (Å²) >= 11 is 6.83. The van der Waals surface area contributed by atoms with E-state index in [0.717, 1.165) is 28.4 Å². The molecule has 2 aromatic carbocycles. The van der Waals surface area contributed by atoms with Crippen LogP contribution in [0.15, 0.2) is 47.6 Å². The molecule has 0 aliphatic carbocycles. The summed E-state index contributed by atoms with van der Waals surface area (Å²) in [6.45, 7) is 2.15. The molecule has 0 aliphatic heterocycles. The fourth-order valence-corrected chi connectivity index (χ4v) is 4.75. The number of nitrogens with zero attached hydrogens (tertiary/aromatic N) is 4. The highest BCUT2D eigenvalue weighted by Gasteiger charge is 2.22. The monoisotopic (exact) mass is 515 g/mol. The number of thioether (sulfide) groups is 1. The van der Waals surface area contributed by atoms with E-state index < -0.39 is 21.7 Å². The lowest BCUT2D eigenvalue weighted by Gasteiger charge is -2.22. The molecule has 13 heteroatoms. The first kappa shape index (κ1) is 24.9. The molecular weight excluding hydrogens is 496 g/mol. The van der Waals surface area contributed by atoms with E-state index in [1.807, 2.05) is 6.92 Å². The van der Waals surface area contributed by atoms with Crippen LogP contribution in [-0.4, -0.2) is 41.1 Å². The number of rotatable bonds is 9. The van der Waals surface area contributed by atoms with E-state index in [1.54, 1.807) is 4.57 Å². The van der Waals surface area contributed by atoms with Gasteiger partial charge in [0, 0.05) is 12.2 Å². The summed E-state index contributed by atoms with van der Waals surface area (Å²) in [4.78, 5) is 12.3. The molecule has 0 saturated carbocycles. The number of halogens is 3. The van der Waals surface area contributed by atoms with E-state index >= 15 is 0 Å². The van der Waals surface area contributed by atoms with Crippen molar-refractivity contribution in [3.05, 3.63) is 64.9 Å². The molecule has 0 unspecified atom stereocenters. The van der Waals surface area contributed by atoms with Crippen molar-refractivity contribution >= 4 is 50.7 Å². The zero-order valence-corrected chi connectivity index (χ0v) is 20.0. The SMILES string of the molecule is CCn1c(CN(c2ccc(F)cc2)S(C)(=O)=O)nnc1SCC(=O)Nc1ccc(F)c(Cl)c1. The Labute approximate surface area is 199 Å². The van der Waals surface area contributed by atoms with Gasteiger partial charge in [0.1, 0.15) is 11.6 Å². The Bertz CT molecular complexity index is 1250. The minimum absolute atomic E-state index is 0.0130. The van der Waals surface area contributed by atoms with Gasteiger partial charge in [-0.3, -0.25) is 9.10 Å². The van der Waals surface area contributed by atoms with E-state index in [2.05, 4.69) is 15.5 Å². The molecule has 0 radical (unpaired) electrons. The third-order valence-corrected chi connectivity index (χ3v) is 6.84. The average molecular weight is 516 g/mol. The van der Waals surface area contributed by atoms with Gasteiger partial charge in [0.2, 0.25) is 15.9 Å². The van der Waals surface area contributed by atoms with Crippen molar-refractivity contribution in [1.82, 2.24) is 14.8 Å². The van der Waals surface area contributed by atoms with Gasteiger partial charge in [0.25, 0.3) is 0 Å². The number of hydrogen-bond acceptors (Lipinski definition) is 6. The topological polar surface area (TPSA) is 97.2 Å². The molecule has 1 N–H and O–H groups in total. The Morgan fingerprint density at radius 1 is 1.18 bits per heavy atom. The molecule has 0 bridgehead atoms. The van der Waals surface area contributed by atoms with Crippen molar-refractivity contribution < 1.29 is 22.0 Å². The van der Waals surface area contributed by atoms with Crippen LogP contribution in [0.25, 0.3) is 0 Å². The van der Waals surface area contributed by atoms with Crippen LogP contribution >= 0.6 is 23.4 Å². The minimum Gasteiger partial charge on any atom is -0.325 e.